The summed E-state index contributed by atoms with van der Waals surface area (Å²) in [5.41, 5.74) is 5.87. The van der Waals surface area contributed by atoms with Crippen molar-refractivity contribution in [2.24, 2.45) is 5.73 Å². The molecule has 0 bridgehead atoms. The quantitative estimate of drug-likeness (QED) is 0.763. The molecule has 0 aromatic carbocycles. The minimum atomic E-state index is -0.412. The van der Waals surface area contributed by atoms with Gasteiger partial charge in [0.25, 0.3) is 0 Å². The van der Waals surface area contributed by atoms with Gasteiger partial charge in [-0.1, -0.05) is 19.3 Å². The summed E-state index contributed by atoms with van der Waals surface area (Å²) in [7, 11) is 0. The second-order valence-electron chi connectivity index (χ2n) is 4.69. The van der Waals surface area contributed by atoms with Gasteiger partial charge in [-0.3, -0.25) is 9.59 Å². The Morgan fingerprint density at radius 3 is 2.83 bits per heavy atom. The highest BCUT2D eigenvalue weighted by Gasteiger charge is 2.22. The van der Waals surface area contributed by atoms with E-state index < -0.39 is 6.04 Å². The average molecular weight is 256 g/mol. The first-order valence-corrected chi connectivity index (χ1v) is 6.85. The predicted molar refractivity (Wildman–Crippen MR) is 68.9 cm³/mol. The van der Waals surface area contributed by atoms with Gasteiger partial charge in [-0.05, 0) is 19.8 Å². The highest BCUT2D eigenvalue weighted by Crippen LogP contribution is 2.12. The van der Waals surface area contributed by atoms with E-state index >= 15 is 0 Å². The van der Waals surface area contributed by atoms with Gasteiger partial charge in [-0.2, -0.15) is 0 Å². The lowest BCUT2D eigenvalue weighted by molar-refractivity contribution is -0.144. The molecule has 1 rings (SSSR count). The first-order valence-electron chi connectivity index (χ1n) is 6.85. The maximum Gasteiger partial charge on any atom is 0.307 e. The Morgan fingerprint density at radius 1 is 1.39 bits per heavy atom. The van der Waals surface area contributed by atoms with Crippen LogP contribution in [-0.4, -0.2) is 42.5 Å². The fourth-order valence-electron chi connectivity index (χ4n) is 2.17. The molecule has 104 valence electrons. The third-order valence-electron chi connectivity index (χ3n) is 3.21. The van der Waals surface area contributed by atoms with E-state index in [0.717, 1.165) is 32.1 Å². The molecule has 0 aromatic rings. The lowest BCUT2D eigenvalue weighted by atomic mass is 10.1. The maximum absolute atomic E-state index is 12.1. The molecule has 0 aromatic heterocycles. The normalized spacial score (nSPS) is 22.0. The minimum Gasteiger partial charge on any atom is -0.466 e. The summed E-state index contributed by atoms with van der Waals surface area (Å²) in [6.07, 6.45) is 5.25. The Kier molecular flexibility index (Phi) is 6.72. The van der Waals surface area contributed by atoms with Crippen LogP contribution in [0.4, 0.5) is 0 Å². The van der Waals surface area contributed by atoms with E-state index in [1.165, 1.54) is 0 Å². The van der Waals surface area contributed by atoms with Crippen molar-refractivity contribution >= 4 is 11.9 Å². The van der Waals surface area contributed by atoms with Crippen molar-refractivity contribution in [3.05, 3.63) is 0 Å². The molecule has 1 saturated heterocycles. The Hall–Kier alpha value is -1.10. The van der Waals surface area contributed by atoms with E-state index in [4.69, 9.17) is 10.5 Å². The van der Waals surface area contributed by atoms with Gasteiger partial charge in [0.2, 0.25) is 5.91 Å². The fourth-order valence-corrected chi connectivity index (χ4v) is 2.17. The van der Waals surface area contributed by atoms with E-state index in [-0.39, 0.29) is 18.3 Å². The lowest BCUT2D eigenvalue weighted by Gasteiger charge is -2.24. The number of rotatable bonds is 4. The predicted octanol–water partition coefficient (Wildman–Crippen LogP) is 1.06. The van der Waals surface area contributed by atoms with Crippen LogP contribution in [0.2, 0.25) is 0 Å². The summed E-state index contributed by atoms with van der Waals surface area (Å²) in [6, 6.07) is -0.412. The van der Waals surface area contributed by atoms with Crippen molar-refractivity contribution < 1.29 is 14.3 Å². The smallest absolute Gasteiger partial charge is 0.307 e. The summed E-state index contributed by atoms with van der Waals surface area (Å²) in [5.74, 6) is -0.278. The van der Waals surface area contributed by atoms with Crippen molar-refractivity contribution in [3.8, 4) is 0 Å². The molecule has 0 saturated carbocycles. The van der Waals surface area contributed by atoms with Gasteiger partial charge < -0.3 is 15.4 Å². The van der Waals surface area contributed by atoms with Crippen LogP contribution < -0.4 is 5.73 Å². The zero-order chi connectivity index (χ0) is 13.4. The van der Waals surface area contributed by atoms with E-state index in [2.05, 4.69) is 0 Å². The molecule has 18 heavy (non-hydrogen) atoms. The van der Waals surface area contributed by atoms with E-state index in [1.54, 1.807) is 11.8 Å². The van der Waals surface area contributed by atoms with Crippen LogP contribution in [0.1, 0.15) is 45.4 Å². The van der Waals surface area contributed by atoms with Crippen molar-refractivity contribution in [1.82, 2.24) is 4.90 Å². The zero-order valence-corrected chi connectivity index (χ0v) is 11.2. The highest BCUT2D eigenvalue weighted by atomic mass is 16.5. The topological polar surface area (TPSA) is 72.6 Å². The highest BCUT2D eigenvalue weighted by molar-refractivity contribution is 5.82. The monoisotopic (exact) mass is 256 g/mol. The Labute approximate surface area is 109 Å². The molecule has 1 aliphatic rings. The van der Waals surface area contributed by atoms with Gasteiger partial charge >= 0.3 is 5.97 Å². The third kappa shape index (κ3) is 5.04. The number of carbonyl (C=O) groups is 2. The number of nitrogens with two attached hydrogens (primary N) is 1. The third-order valence-corrected chi connectivity index (χ3v) is 3.21. The summed E-state index contributed by atoms with van der Waals surface area (Å²) in [4.78, 5) is 25.1. The van der Waals surface area contributed by atoms with Gasteiger partial charge in [0.15, 0.2) is 0 Å². The van der Waals surface area contributed by atoms with Gasteiger partial charge in [0.05, 0.1) is 19.1 Å². The molecule has 1 amide bonds. The molecule has 1 fully saturated rings. The van der Waals surface area contributed by atoms with Crippen LogP contribution in [0.3, 0.4) is 0 Å². The van der Waals surface area contributed by atoms with E-state index in [0.29, 0.717) is 19.7 Å². The summed E-state index contributed by atoms with van der Waals surface area (Å²) in [5, 5.41) is 0. The fraction of sp³-hybridized carbons (Fsp3) is 0.846. The molecule has 5 heteroatoms. The number of carbonyl (C=O) groups excluding carboxylic acids is 2. The second kappa shape index (κ2) is 8.08. The summed E-state index contributed by atoms with van der Waals surface area (Å²) in [6.45, 7) is 3.28. The van der Waals surface area contributed by atoms with Crippen LogP contribution in [0.25, 0.3) is 0 Å². The van der Waals surface area contributed by atoms with Crippen LogP contribution >= 0.6 is 0 Å². The molecule has 2 N–H and O–H groups in total. The van der Waals surface area contributed by atoms with Crippen LogP contribution in [-0.2, 0) is 14.3 Å². The molecule has 5 nitrogen and oxygen atoms in total. The van der Waals surface area contributed by atoms with Crippen molar-refractivity contribution in [2.75, 3.05) is 19.7 Å². The van der Waals surface area contributed by atoms with Crippen LogP contribution in [0.15, 0.2) is 0 Å². The van der Waals surface area contributed by atoms with Crippen molar-refractivity contribution in [2.45, 2.75) is 51.5 Å². The SMILES string of the molecule is CCOC(=O)CCN1CCCCCCC(N)C1=O. The molecule has 1 atom stereocenters. The molecule has 0 aliphatic carbocycles. The number of nitrogens with zero attached hydrogens (tertiary/aromatic N) is 1. The minimum absolute atomic E-state index is 0.0267. The molecular formula is C13H24N2O3. The first-order chi connectivity index (χ1) is 8.65. The molecule has 0 spiro atoms. The van der Waals surface area contributed by atoms with Gasteiger partial charge in [-0.15, -0.1) is 0 Å². The van der Waals surface area contributed by atoms with Gasteiger partial charge in [0.1, 0.15) is 0 Å². The Bertz CT molecular complexity index is 281. The Morgan fingerprint density at radius 2 is 2.11 bits per heavy atom. The molecule has 1 heterocycles. The number of hydrogen-bond acceptors (Lipinski definition) is 4. The number of amides is 1. The van der Waals surface area contributed by atoms with E-state index in [1.807, 2.05) is 0 Å². The molecule has 0 radical (unpaired) electrons. The van der Waals surface area contributed by atoms with E-state index in [9.17, 15) is 9.59 Å². The molecule has 1 unspecified atom stereocenters. The van der Waals surface area contributed by atoms with Crippen molar-refractivity contribution in [3.63, 3.8) is 0 Å². The van der Waals surface area contributed by atoms with Gasteiger partial charge in [-0.25, -0.2) is 0 Å². The molecule has 1 aliphatic heterocycles. The number of esters is 1. The second-order valence-corrected chi connectivity index (χ2v) is 4.69. The standard InChI is InChI=1S/C13H24N2O3/c1-2-18-12(16)8-10-15-9-6-4-3-5-7-11(14)13(15)17/h11H,2-10,14H2,1H3. The largest absolute Gasteiger partial charge is 0.466 e. The zero-order valence-electron chi connectivity index (χ0n) is 11.2. The van der Waals surface area contributed by atoms with Crippen LogP contribution in [0, 0.1) is 0 Å². The molecular weight excluding hydrogens is 232 g/mol. The Balaban J connectivity index is 2.47. The van der Waals surface area contributed by atoms with Crippen LogP contribution in [0.5, 0.6) is 0 Å². The summed E-state index contributed by atoms with van der Waals surface area (Å²) >= 11 is 0. The average Bonchev–Trinajstić information content (AvgIpc) is 2.42. The number of ether oxygens (including phenoxy) is 1. The summed E-state index contributed by atoms with van der Waals surface area (Å²) < 4.78 is 4.87. The lowest BCUT2D eigenvalue weighted by Crippen LogP contribution is -2.44. The van der Waals surface area contributed by atoms with Gasteiger partial charge in [0, 0.05) is 13.1 Å². The maximum atomic E-state index is 12.1. The number of hydrogen-bond donors (Lipinski definition) is 1. The first kappa shape index (κ1) is 15.0. The van der Waals surface area contributed by atoms with Crippen molar-refractivity contribution in [1.29, 1.82) is 0 Å².